The number of carboxylic acid groups (broad SMARTS) is 1. The van der Waals surface area contributed by atoms with Crippen LogP contribution in [0.2, 0.25) is 0 Å². The molecule has 0 saturated heterocycles. The Balaban J connectivity index is 1.86. The predicted octanol–water partition coefficient (Wildman–Crippen LogP) is 2.59. The van der Waals surface area contributed by atoms with Gasteiger partial charge >= 0.3 is 12.0 Å². The van der Waals surface area contributed by atoms with E-state index >= 15 is 0 Å². The van der Waals surface area contributed by atoms with Gasteiger partial charge in [0.25, 0.3) is 0 Å². The highest BCUT2D eigenvalue weighted by Gasteiger charge is 2.10. The Morgan fingerprint density at radius 2 is 2.18 bits per heavy atom. The summed E-state index contributed by atoms with van der Waals surface area (Å²) in [5.74, 6) is -0.913. The monoisotopic (exact) mass is 367 g/mol. The number of halogens is 1. The average molecular weight is 368 g/mol. The van der Waals surface area contributed by atoms with Crippen molar-refractivity contribution in [3.05, 3.63) is 34.4 Å². The Labute approximate surface area is 136 Å². The van der Waals surface area contributed by atoms with E-state index < -0.39 is 5.97 Å². The highest BCUT2D eigenvalue weighted by molar-refractivity contribution is 9.10. The van der Waals surface area contributed by atoms with Gasteiger partial charge in [-0.25, -0.2) is 4.79 Å². The van der Waals surface area contributed by atoms with Crippen molar-refractivity contribution in [1.29, 1.82) is 0 Å². The molecule has 22 heavy (non-hydrogen) atoms. The number of H-pyrrole nitrogens is 1. The third-order valence-corrected chi connectivity index (χ3v) is 3.90. The largest absolute Gasteiger partial charge is 0.481 e. The van der Waals surface area contributed by atoms with Gasteiger partial charge in [-0.15, -0.1) is 0 Å². The number of hydrogen-bond acceptors (Lipinski definition) is 2. The van der Waals surface area contributed by atoms with Crippen LogP contribution in [0.1, 0.15) is 12.0 Å². The van der Waals surface area contributed by atoms with Crippen molar-refractivity contribution in [3.63, 3.8) is 0 Å². The fourth-order valence-electron chi connectivity index (χ4n) is 2.16. The zero-order valence-electron chi connectivity index (χ0n) is 12.2. The summed E-state index contributed by atoms with van der Waals surface area (Å²) >= 11 is 3.45. The second-order valence-electron chi connectivity index (χ2n) is 5.05. The molecule has 1 aromatic heterocycles. The van der Waals surface area contributed by atoms with E-state index in [0.29, 0.717) is 13.0 Å². The number of fused-ring (bicyclic) bond motifs is 1. The molecule has 0 atom stereocenters. The van der Waals surface area contributed by atoms with Crippen LogP contribution in [-0.4, -0.2) is 47.1 Å². The second kappa shape index (κ2) is 7.31. The maximum atomic E-state index is 11.8. The Morgan fingerprint density at radius 1 is 1.41 bits per heavy atom. The fraction of sp³-hybridized carbons (Fsp3) is 0.333. The lowest BCUT2D eigenvalue weighted by molar-refractivity contribution is -0.137. The normalized spacial score (nSPS) is 10.6. The number of amides is 2. The minimum Gasteiger partial charge on any atom is -0.481 e. The summed E-state index contributed by atoms with van der Waals surface area (Å²) < 4.78 is 1.01. The van der Waals surface area contributed by atoms with Crippen LogP contribution in [0.3, 0.4) is 0 Å². The smallest absolute Gasteiger partial charge is 0.317 e. The van der Waals surface area contributed by atoms with E-state index in [9.17, 15) is 9.59 Å². The van der Waals surface area contributed by atoms with Gasteiger partial charge in [-0.1, -0.05) is 15.9 Å². The van der Waals surface area contributed by atoms with E-state index in [1.54, 1.807) is 7.05 Å². The van der Waals surface area contributed by atoms with Gasteiger partial charge in [0.05, 0.1) is 6.42 Å². The standard InChI is InChI=1S/C15H18BrN3O3/c1-19(7-5-14(20)21)15(22)17-6-4-10-9-18-13-3-2-11(16)8-12(10)13/h2-3,8-9,18H,4-7H2,1H3,(H,17,22)(H,20,21). The molecule has 2 amide bonds. The van der Waals surface area contributed by atoms with Crippen molar-refractivity contribution in [2.24, 2.45) is 0 Å². The van der Waals surface area contributed by atoms with Crippen molar-refractivity contribution < 1.29 is 14.7 Å². The third kappa shape index (κ3) is 4.24. The van der Waals surface area contributed by atoms with Crippen LogP contribution in [0.5, 0.6) is 0 Å². The Hall–Kier alpha value is -2.02. The molecular weight excluding hydrogens is 350 g/mol. The summed E-state index contributed by atoms with van der Waals surface area (Å²) in [4.78, 5) is 26.9. The molecule has 0 radical (unpaired) electrons. The molecule has 7 heteroatoms. The van der Waals surface area contributed by atoms with Crippen LogP contribution in [0.25, 0.3) is 10.9 Å². The number of benzene rings is 1. The van der Waals surface area contributed by atoms with Gasteiger partial charge in [0.15, 0.2) is 0 Å². The molecule has 0 saturated carbocycles. The van der Waals surface area contributed by atoms with Crippen LogP contribution < -0.4 is 5.32 Å². The minimum atomic E-state index is -0.913. The maximum Gasteiger partial charge on any atom is 0.317 e. The summed E-state index contributed by atoms with van der Waals surface area (Å²) in [5.41, 5.74) is 2.19. The molecule has 0 bridgehead atoms. The van der Waals surface area contributed by atoms with Gasteiger partial charge in [0.2, 0.25) is 0 Å². The molecule has 118 valence electrons. The number of nitrogens with one attached hydrogen (secondary N) is 2. The number of urea groups is 1. The summed E-state index contributed by atoms with van der Waals surface area (Å²) in [6.45, 7) is 0.691. The van der Waals surface area contributed by atoms with Crippen molar-refractivity contribution in [1.82, 2.24) is 15.2 Å². The van der Waals surface area contributed by atoms with E-state index in [2.05, 4.69) is 26.2 Å². The molecular formula is C15H18BrN3O3. The van der Waals surface area contributed by atoms with Gasteiger partial charge in [-0.05, 0) is 30.2 Å². The molecule has 0 aliphatic heterocycles. The molecule has 0 fully saturated rings. The quantitative estimate of drug-likeness (QED) is 0.733. The van der Waals surface area contributed by atoms with Crippen molar-refractivity contribution in [2.75, 3.05) is 20.1 Å². The predicted molar refractivity (Wildman–Crippen MR) is 88.0 cm³/mol. The number of carbonyl (C=O) groups excluding carboxylic acids is 1. The molecule has 0 aliphatic rings. The lowest BCUT2D eigenvalue weighted by atomic mass is 10.1. The van der Waals surface area contributed by atoms with Crippen LogP contribution >= 0.6 is 15.9 Å². The SMILES string of the molecule is CN(CCC(=O)O)C(=O)NCCc1c[nH]c2ccc(Br)cc12. The first-order valence-electron chi connectivity index (χ1n) is 6.93. The van der Waals surface area contributed by atoms with E-state index in [1.807, 2.05) is 24.4 Å². The summed E-state index contributed by atoms with van der Waals surface area (Å²) in [5, 5.41) is 12.5. The molecule has 6 nitrogen and oxygen atoms in total. The van der Waals surface area contributed by atoms with Gasteiger partial charge in [0.1, 0.15) is 0 Å². The first kappa shape index (κ1) is 16.4. The van der Waals surface area contributed by atoms with Gasteiger partial charge < -0.3 is 20.3 Å². The molecule has 2 rings (SSSR count). The number of rotatable bonds is 6. The van der Waals surface area contributed by atoms with Crippen LogP contribution in [-0.2, 0) is 11.2 Å². The van der Waals surface area contributed by atoms with Crippen molar-refractivity contribution >= 4 is 38.8 Å². The van der Waals surface area contributed by atoms with Gasteiger partial charge in [-0.3, -0.25) is 4.79 Å². The van der Waals surface area contributed by atoms with E-state index in [-0.39, 0.29) is 19.0 Å². The van der Waals surface area contributed by atoms with Crippen LogP contribution in [0, 0.1) is 0 Å². The zero-order valence-corrected chi connectivity index (χ0v) is 13.8. The van der Waals surface area contributed by atoms with Gasteiger partial charge in [0, 0.05) is 41.7 Å². The molecule has 0 aliphatic carbocycles. The summed E-state index contributed by atoms with van der Waals surface area (Å²) in [6.07, 6.45) is 2.59. The second-order valence-corrected chi connectivity index (χ2v) is 5.97. The third-order valence-electron chi connectivity index (χ3n) is 3.41. The zero-order chi connectivity index (χ0) is 16.1. The molecule has 0 spiro atoms. The first-order valence-corrected chi connectivity index (χ1v) is 7.73. The summed E-state index contributed by atoms with van der Waals surface area (Å²) in [7, 11) is 1.58. The number of aromatic amines is 1. The molecule has 0 unspecified atom stereocenters. The number of aromatic nitrogens is 1. The Kier molecular flexibility index (Phi) is 5.43. The van der Waals surface area contributed by atoms with Crippen molar-refractivity contribution in [2.45, 2.75) is 12.8 Å². The summed E-state index contributed by atoms with van der Waals surface area (Å²) in [6, 6.07) is 5.76. The topological polar surface area (TPSA) is 85.4 Å². The number of aliphatic carboxylic acids is 1. The number of nitrogens with zero attached hydrogens (tertiary/aromatic N) is 1. The lowest BCUT2D eigenvalue weighted by Gasteiger charge is -2.16. The van der Waals surface area contributed by atoms with E-state index in [4.69, 9.17) is 5.11 Å². The molecule has 1 heterocycles. The molecule has 3 N–H and O–H groups in total. The number of carbonyl (C=O) groups is 2. The Bertz CT molecular complexity index is 684. The maximum absolute atomic E-state index is 11.8. The molecule has 1 aromatic carbocycles. The first-order chi connectivity index (χ1) is 10.5. The Morgan fingerprint density at radius 3 is 2.91 bits per heavy atom. The van der Waals surface area contributed by atoms with E-state index in [1.165, 1.54) is 4.90 Å². The minimum absolute atomic E-state index is 0.0552. The van der Waals surface area contributed by atoms with Crippen molar-refractivity contribution in [3.8, 4) is 0 Å². The average Bonchev–Trinajstić information content (AvgIpc) is 2.87. The highest BCUT2D eigenvalue weighted by atomic mass is 79.9. The molecule has 2 aromatic rings. The number of carboxylic acids is 1. The van der Waals surface area contributed by atoms with Gasteiger partial charge in [-0.2, -0.15) is 0 Å². The lowest BCUT2D eigenvalue weighted by Crippen LogP contribution is -2.39. The van der Waals surface area contributed by atoms with E-state index in [0.717, 1.165) is 20.9 Å². The van der Waals surface area contributed by atoms with Crippen LogP contribution in [0.15, 0.2) is 28.9 Å². The highest BCUT2D eigenvalue weighted by Crippen LogP contribution is 2.22. The van der Waals surface area contributed by atoms with Crippen LogP contribution in [0.4, 0.5) is 4.79 Å². The number of hydrogen-bond donors (Lipinski definition) is 3. The fourth-order valence-corrected chi connectivity index (χ4v) is 2.52.